The fourth-order valence-corrected chi connectivity index (χ4v) is 5.10. The summed E-state index contributed by atoms with van der Waals surface area (Å²) in [4.78, 5) is 36.7. The van der Waals surface area contributed by atoms with Gasteiger partial charge in [-0.05, 0) is 46.0 Å². The average molecular weight is 493 g/mol. The van der Waals surface area contributed by atoms with Gasteiger partial charge in [0.05, 0.1) is 0 Å². The lowest BCUT2D eigenvalue weighted by Crippen LogP contribution is -2.34. The van der Waals surface area contributed by atoms with E-state index in [0.29, 0.717) is 17.8 Å². The van der Waals surface area contributed by atoms with Crippen LogP contribution in [-0.2, 0) is 14.3 Å². The Morgan fingerprint density at radius 3 is 2.26 bits per heavy atom. The molecule has 7 nitrogen and oxygen atoms in total. The van der Waals surface area contributed by atoms with Crippen molar-refractivity contribution < 1.29 is 24.2 Å². The van der Waals surface area contributed by atoms with Crippen molar-refractivity contribution in [2.75, 3.05) is 13.2 Å². The molecule has 182 valence electrons. The minimum Gasteiger partial charge on any atom is -0.479 e. The topological polar surface area (TPSA) is 105 Å². The lowest BCUT2D eigenvalue weighted by Gasteiger charge is -2.17. The van der Waals surface area contributed by atoms with Crippen LogP contribution in [0.15, 0.2) is 66.0 Å². The summed E-state index contributed by atoms with van der Waals surface area (Å²) >= 11 is 1.29. The molecule has 0 spiro atoms. The summed E-state index contributed by atoms with van der Waals surface area (Å²) in [5.41, 5.74) is 4.66. The van der Waals surface area contributed by atoms with Crippen LogP contribution in [0.1, 0.15) is 47.7 Å². The van der Waals surface area contributed by atoms with Gasteiger partial charge >= 0.3 is 12.1 Å². The lowest BCUT2D eigenvalue weighted by molar-refractivity contribution is -0.142. The van der Waals surface area contributed by atoms with Crippen LogP contribution in [0.3, 0.4) is 0 Å². The quantitative estimate of drug-likeness (QED) is 0.372. The molecule has 2 amide bonds. The lowest BCUT2D eigenvalue weighted by atomic mass is 9.98. The number of amides is 2. The summed E-state index contributed by atoms with van der Waals surface area (Å²) in [6, 6.07) is 18.7. The first-order valence-corrected chi connectivity index (χ1v) is 12.5. The first-order chi connectivity index (χ1) is 16.9. The summed E-state index contributed by atoms with van der Waals surface area (Å²) in [5, 5.41) is 16.5. The highest BCUT2D eigenvalue weighted by Gasteiger charge is 2.29. The molecule has 1 aliphatic rings. The normalized spacial score (nSPS) is 13.9. The number of aliphatic carboxylic acids is 1. The number of benzene rings is 2. The second-order valence-corrected chi connectivity index (χ2v) is 9.68. The fraction of sp³-hybridized carbons (Fsp3) is 0.296. The van der Waals surface area contributed by atoms with Crippen molar-refractivity contribution in [1.29, 1.82) is 0 Å². The highest BCUT2D eigenvalue weighted by Crippen LogP contribution is 2.44. The van der Waals surface area contributed by atoms with Gasteiger partial charge in [-0.25, -0.2) is 9.59 Å². The number of hydrogen-bond donors (Lipinski definition) is 3. The summed E-state index contributed by atoms with van der Waals surface area (Å²) < 4.78 is 5.54. The second-order valence-electron chi connectivity index (χ2n) is 8.70. The number of ether oxygens (including phenoxy) is 1. The second kappa shape index (κ2) is 11.2. The molecule has 0 saturated carbocycles. The Hall–Kier alpha value is -3.65. The molecule has 2 unspecified atom stereocenters. The molecule has 1 aromatic heterocycles. The summed E-state index contributed by atoms with van der Waals surface area (Å²) in [5.74, 6) is -1.41. The zero-order valence-electron chi connectivity index (χ0n) is 19.4. The van der Waals surface area contributed by atoms with Crippen LogP contribution in [0.2, 0.25) is 0 Å². The van der Waals surface area contributed by atoms with E-state index in [9.17, 15) is 19.5 Å². The van der Waals surface area contributed by atoms with Gasteiger partial charge in [0.1, 0.15) is 6.61 Å². The third-order valence-electron chi connectivity index (χ3n) is 6.18. The van der Waals surface area contributed by atoms with E-state index in [-0.39, 0.29) is 30.8 Å². The van der Waals surface area contributed by atoms with Crippen LogP contribution in [0.4, 0.5) is 4.79 Å². The molecule has 3 aromatic rings. The van der Waals surface area contributed by atoms with Gasteiger partial charge in [-0.3, -0.25) is 4.79 Å². The smallest absolute Gasteiger partial charge is 0.407 e. The van der Waals surface area contributed by atoms with Crippen molar-refractivity contribution in [3.63, 3.8) is 0 Å². The largest absolute Gasteiger partial charge is 0.479 e. The van der Waals surface area contributed by atoms with Crippen molar-refractivity contribution in [3.8, 4) is 11.1 Å². The maximum absolute atomic E-state index is 12.3. The van der Waals surface area contributed by atoms with Gasteiger partial charge in [0.15, 0.2) is 6.04 Å². The Morgan fingerprint density at radius 1 is 1.00 bits per heavy atom. The molecule has 3 N–H and O–H groups in total. The number of carbonyl (C=O) groups excluding carboxylic acids is 2. The Kier molecular flexibility index (Phi) is 7.82. The van der Waals surface area contributed by atoms with Gasteiger partial charge in [-0.2, -0.15) is 0 Å². The molecular formula is C27H28N2O5S. The molecule has 0 aliphatic heterocycles. The molecule has 2 aromatic carbocycles. The molecular weight excluding hydrogens is 464 g/mol. The van der Waals surface area contributed by atoms with Crippen LogP contribution in [0.25, 0.3) is 11.1 Å². The fourth-order valence-electron chi connectivity index (χ4n) is 4.33. The van der Waals surface area contributed by atoms with E-state index < -0.39 is 18.1 Å². The van der Waals surface area contributed by atoms with Crippen LogP contribution in [0.5, 0.6) is 0 Å². The number of hydrogen-bond acceptors (Lipinski definition) is 5. The van der Waals surface area contributed by atoms with Crippen LogP contribution >= 0.6 is 11.3 Å². The monoisotopic (exact) mass is 492 g/mol. The molecule has 0 radical (unpaired) electrons. The maximum Gasteiger partial charge on any atom is 0.407 e. The number of nitrogens with one attached hydrogen (secondary N) is 2. The van der Waals surface area contributed by atoms with Crippen LogP contribution < -0.4 is 10.6 Å². The van der Waals surface area contributed by atoms with Crippen molar-refractivity contribution in [3.05, 3.63) is 82.0 Å². The first kappa shape index (κ1) is 24.5. The molecule has 1 aliphatic carbocycles. The molecule has 0 bridgehead atoms. The number of fused-ring (bicyclic) bond motifs is 3. The van der Waals surface area contributed by atoms with Gasteiger partial charge in [-0.1, -0.05) is 61.5 Å². The molecule has 0 fully saturated rings. The number of thiophene rings is 1. The van der Waals surface area contributed by atoms with E-state index in [0.717, 1.165) is 11.1 Å². The zero-order valence-corrected chi connectivity index (χ0v) is 20.2. The minimum absolute atomic E-state index is 0.000189. The van der Waals surface area contributed by atoms with Crippen molar-refractivity contribution in [1.82, 2.24) is 10.6 Å². The summed E-state index contributed by atoms with van der Waals surface area (Å²) in [6.45, 7) is 2.53. The first-order valence-electron chi connectivity index (χ1n) is 11.6. The van der Waals surface area contributed by atoms with Crippen molar-refractivity contribution in [2.45, 2.75) is 31.7 Å². The Bertz CT molecular complexity index is 1150. The SMILES string of the molecule is CC(CCC(=O)NC(C(=O)O)c1cccs1)CNC(=O)OCC1c2ccccc2-c2ccccc21. The third-order valence-corrected chi connectivity index (χ3v) is 7.12. The number of alkyl carbamates (subject to hydrolysis) is 1. The zero-order chi connectivity index (χ0) is 24.8. The molecule has 35 heavy (non-hydrogen) atoms. The van der Waals surface area contributed by atoms with Gasteiger partial charge in [0.25, 0.3) is 0 Å². The van der Waals surface area contributed by atoms with Gasteiger partial charge in [0.2, 0.25) is 5.91 Å². The number of carbonyl (C=O) groups is 3. The predicted octanol–water partition coefficient (Wildman–Crippen LogP) is 4.95. The van der Waals surface area contributed by atoms with E-state index in [1.165, 1.54) is 22.5 Å². The van der Waals surface area contributed by atoms with Gasteiger partial charge in [0, 0.05) is 23.8 Å². The highest BCUT2D eigenvalue weighted by atomic mass is 32.1. The van der Waals surface area contributed by atoms with Crippen molar-refractivity contribution >= 4 is 29.3 Å². The number of rotatable bonds is 10. The van der Waals surface area contributed by atoms with E-state index in [4.69, 9.17) is 4.74 Å². The minimum atomic E-state index is -1.09. The maximum atomic E-state index is 12.3. The predicted molar refractivity (Wildman–Crippen MR) is 134 cm³/mol. The molecule has 2 atom stereocenters. The average Bonchev–Trinajstić information content (AvgIpc) is 3.50. The number of carboxylic acids is 1. The van der Waals surface area contributed by atoms with Crippen LogP contribution in [-0.4, -0.2) is 36.2 Å². The standard InChI is InChI=1S/C27H28N2O5S/c1-17(12-13-24(30)29-25(26(31)32)23-11-6-14-35-23)15-28-27(33)34-16-22-20-9-4-2-7-18(20)19-8-3-5-10-21(19)22/h2-11,14,17,22,25H,12-13,15-16H2,1H3,(H,28,33)(H,29,30)(H,31,32). The summed E-state index contributed by atoms with van der Waals surface area (Å²) in [7, 11) is 0. The number of carboxylic acid groups (broad SMARTS) is 1. The van der Waals surface area contributed by atoms with Gasteiger partial charge < -0.3 is 20.5 Å². The van der Waals surface area contributed by atoms with Crippen LogP contribution in [0, 0.1) is 5.92 Å². The third kappa shape index (κ3) is 5.89. The molecule has 8 heteroatoms. The van der Waals surface area contributed by atoms with E-state index >= 15 is 0 Å². The molecule has 1 heterocycles. The van der Waals surface area contributed by atoms with Crippen molar-refractivity contribution in [2.24, 2.45) is 5.92 Å². The van der Waals surface area contributed by atoms with E-state index in [1.54, 1.807) is 17.5 Å². The molecule has 4 rings (SSSR count). The summed E-state index contributed by atoms with van der Waals surface area (Å²) in [6.07, 6.45) is 0.182. The van der Waals surface area contributed by atoms with Gasteiger partial charge in [-0.15, -0.1) is 11.3 Å². The molecule has 0 saturated heterocycles. The Morgan fingerprint density at radius 2 is 1.66 bits per heavy atom. The van der Waals surface area contributed by atoms with E-state index in [1.807, 2.05) is 31.2 Å². The Labute approximate surface area is 208 Å². The van der Waals surface area contributed by atoms with E-state index in [2.05, 4.69) is 34.9 Å². The highest BCUT2D eigenvalue weighted by molar-refractivity contribution is 7.10. The Balaban J connectivity index is 1.21.